The standard InChI is InChI=1S/C15H22N/c1-6-13(2)7-10-16-11-8-14(9-12-16)15(3,4)5/h6-9,11-12H,1,10H2,2-5H3/q+1/b13-7+. The first-order chi connectivity index (χ1) is 7.43. The predicted molar refractivity (Wildman–Crippen MR) is 69.3 cm³/mol. The van der Waals surface area contributed by atoms with Gasteiger partial charge in [-0.15, -0.1) is 0 Å². The van der Waals surface area contributed by atoms with Crippen LogP contribution in [0.15, 0.2) is 48.8 Å². The van der Waals surface area contributed by atoms with Crippen molar-refractivity contribution < 1.29 is 4.57 Å². The van der Waals surface area contributed by atoms with Crippen molar-refractivity contribution in [1.82, 2.24) is 0 Å². The van der Waals surface area contributed by atoms with E-state index < -0.39 is 0 Å². The van der Waals surface area contributed by atoms with E-state index in [2.05, 4.69) is 69.4 Å². The van der Waals surface area contributed by atoms with Gasteiger partial charge in [-0.1, -0.05) is 33.4 Å². The highest BCUT2D eigenvalue weighted by Gasteiger charge is 2.14. The molecule has 86 valence electrons. The van der Waals surface area contributed by atoms with Crippen LogP contribution in [0, 0.1) is 0 Å². The van der Waals surface area contributed by atoms with Crippen molar-refractivity contribution in [2.24, 2.45) is 0 Å². The van der Waals surface area contributed by atoms with Gasteiger partial charge in [0.2, 0.25) is 0 Å². The summed E-state index contributed by atoms with van der Waals surface area (Å²) in [5, 5.41) is 0. The second-order valence-electron chi connectivity index (χ2n) is 5.19. The maximum absolute atomic E-state index is 3.74. The Labute approximate surface area is 99.1 Å². The van der Waals surface area contributed by atoms with Crippen LogP contribution in [0.1, 0.15) is 33.3 Å². The quantitative estimate of drug-likeness (QED) is 0.538. The average molecular weight is 216 g/mol. The highest BCUT2D eigenvalue weighted by molar-refractivity contribution is 5.17. The summed E-state index contributed by atoms with van der Waals surface area (Å²) in [5.74, 6) is 0. The largest absolute Gasteiger partial charge is 0.201 e. The SMILES string of the molecule is C=C/C(C)=C/C[n+]1ccc(C(C)(C)C)cc1. The Balaban J connectivity index is 2.76. The molecule has 1 nitrogen and oxygen atoms in total. The molecule has 0 aromatic carbocycles. The topological polar surface area (TPSA) is 3.88 Å². The van der Waals surface area contributed by atoms with Crippen LogP contribution in [0.25, 0.3) is 0 Å². The molecule has 0 radical (unpaired) electrons. The lowest BCUT2D eigenvalue weighted by Gasteiger charge is -2.17. The molecule has 0 saturated carbocycles. The Kier molecular flexibility index (Phi) is 4.05. The van der Waals surface area contributed by atoms with Crippen LogP contribution in [0.5, 0.6) is 0 Å². The van der Waals surface area contributed by atoms with Gasteiger partial charge in [0.25, 0.3) is 0 Å². The molecular formula is C15H22N+. The smallest absolute Gasteiger partial charge is 0.169 e. The summed E-state index contributed by atoms with van der Waals surface area (Å²) < 4.78 is 2.17. The lowest BCUT2D eigenvalue weighted by atomic mass is 9.88. The Morgan fingerprint density at radius 3 is 2.31 bits per heavy atom. The van der Waals surface area contributed by atoms with Crippen molar-refractivity contribution in [3.63, 3.8) is 0 Å². The van der Waals surface area contributed by atoms with Gasteiger partial charge in [-0.2, -0.15) is 0 Å². The van der Waals surface area contributed by atoms with Crippen molar-refractivity contribution in [3.05, 3.63) is 54.4 Å². The van der Waals surface area contributed by atoms with E-state index >= 15 is 0 Å². The van der Waals surface area contributed by atoms with Crippen molar-refractivity contribution in [2.45, 2.75) is 39.7 Å². The summed E-state index contributed by atoms with van der Waals surface area (Å²) in [7, 11) is 0. The van der Waals surface area contributed by atoms with Crippen LogP contribution < -0.4 is 4.57 Å². The van der Waals surface area contributed by atoms with E-state index in [0.29, 0.717) is 0 Å². The minimum Gasteiger partial charge on any atom is -0.201 e. The van der Waals surface area contributed by atoms with E-state index in [1.165, 1.54) is 11.1 Å². The van der Waals surface area contributed by atoms with Gasteiger partial charge in [0.05, 0.1) is 0 Å². The molecule has 1 aromatic heterocycles. The molecule has 16 heavy (non-hydrogen) atoms. The molecule has 0 aliphatic rings. The molecule has 1 rings (SSSR count). The summed E-state index contributed by atoms with van der Waals surface area (Å²) in [4.78, 5) is 0. The summed E-state index contributed by atoms with van der Waals surface area (Å²) in [6.07, 6.45) is 8.31. The zero-order valence-electron chi connectivity index (χ0n) is 10.8. The van der Waals surface area contributed by atoms with Gasteiger partial charge in [0, 0.05) is 12.1 Å². The third kappa shape index (κ3) is 3.65. The van der Waals surface area contributed by atoms with Gasteiger partial charge >= 0.3 is 0 Å². The Hall–Kier alpha value is -1.37. The van der Waals surface area contributed by atoms with Crippen LogP contribution in [0.4, 0.5) is 0 Å². The molecule has 0 amide bonds. The molecule has 0 bridgehead atoms. The molecule has 0 spiro atoms. The summed E-state index contributed by atoms with van der Waals surface area (Å²) in [6.45, 7) is 13.4. The molecule has 1 heterocycles. The highest BCUT2D eigenvalue weighted by atomic mass is 14.9. The molecule has 0 aliphatic heterocycles. The van der Waals surface area contributed by atoms with Gasteiger partial charge in [0.1, 0.15) is 0 Å². The summed E-state index contributed by atoms with van der Waals surface area (Å²) >= 11 is 0. The maximum Gasteiger partial charge on any atom is 0.169 e. The normalized spacial score (nSPS) is 12.6. The van der Waals surface area contributed by atoms with Crippen LogP contribution in [0.2, 0.25) is 0 Å². The van der Waals surface area contributed by atoms with Crippen LogP contribution in [0.3, 0.4) is 0 Å². The first-order valence-corrected chi connectivity index (χ1v) is 5.72. The van der Waals surface area contributed by atoms with Crippen molar-refractivity contribution >= 4 is 0 Å². The van der Waals surface area contributed by atoms with E-state index in [9.17, 15) is 0 Å². The highest BCUT2D eigenvalue weighted by Crippen LogP contribution is 2.20. The molecule has 1 heteroatoms. The molecular weight excluding hydrogens is 194 g/mol. The number of aromatic nitrogens is 1. The van der Waals surface area contributed by atoms with E-state index in [1.54, 1.807) is 0 Å². The zero-order chi connectivity index (χ0) is 12.2. The molecule has 0 aliphatic carbocycles. The molecule has 0 N–H and O–H groups in total. The maximum atomic E-state index is 3.74. The second-order valence-corrected chi connectivity index (χ2v) is 5.19. The van der Waals surface area contributed by atoms with E-state index in [0.717, 1.165) is 6.54 Å². The lowest BCUT2D eigenvalue weighted by molar-refractivity contribution is -0.687. The third-order valence-corrected chi connectivity index (χ3v) is 2.70. The molecule has 0 fully saturated rings. The van der Waals surface area contributed by atoms with Gasteiger partial charge in [-0.3, -0.25) is 0 Å². The number of nitrogens with zero attached hydrogens (tertiary/aromatic N) is 1. The fraction of sp³-hybridized carbons (Fsp3) is 0.400. The monoisotopic (exact) mass is 216 g/mol. The molecule has 0 atom stereocenters. The average Bonchev–Trinajstić information content (AvgIpc) is 2.25. The Bertz CT molecular complexity index is 377. The van der Waals surface area contributed by atoms with Crippen LogP contribution >= 0.6 is 0 Å². The molecule has 0 saturated heterocycles. The van der Waals surface area contributed by atoms with E-state index in [-0.39, 0.29) is 5.41 Å². The number of hydrogen-bond acceptors (Lipinski definition) is 0. The first kappa shape index (κ1) is 12.7. The van der Waals surface area contributed by atoms with Gasteiger partial charge in [-0.25, -0.2) is 4.57 Å². The minimum absolute atomic E-state index is 0.228. The fourth-order valence-electron chi connectivity index (χ4n) is 1.41. The number of allylic oxidation sites excluding steroid dienone is 3. The number of rotatable bonds is 3. The van der Waals surface area contributed by atoms with Gasteiger partial charge in [0.15, 0.2) is 18.9 Å². The van der Waals surface area contributed by atoms with Crippen molar-refractivity contribution in [1.29, 1.82) is 0 Å². The second kappa shape index (κ2) is 5.11. The van der Waals surface area contributed by atoms with Gasteiger partial charge in [-0.05, 0) is 29.6 Å². The van der Waals surface area contributed by atoms with Crippen molar-refractivity contribution in [2.75, 3.05) is 0 Å². The van der Waals surface area contributed by atoms with E-state index in [1.807, 2.05) is 6.08 Å². The zero-order valence-corrected chi connectivity index (χ0v) is 10.8. The number of hydrogen-bond donors (Lipinski definition) is 0. The minimum atomic E-state index is 0.228. The Morgan fingerprint density at radius 2 is 1.88 bits per heavy atom. The van der Waals surface area contributed by atoms with Gasteiger partial charge < -0.3 is 0 Å². The summed E-state index contributed by atoms with van der Waals surface area (Å²) in [6, 6.07) is 4.38. The molecule has 0 unspecified atom stereocenters. The van der Waals surface area contributed by atoms with Crippen LogP contribution in [-0.4, -0.2) is 0 Å². The van der Waals surface area contributed by atoms with E-state index in [4.69, 9.17) is 0 Å². The third-order valence-electron chi connectivity index (χ3n) is 2.70. The summed E-state index contributed by atoms with van der Waals surface area (Å²) in [5.41, 5.74) is 2.81. The predicted octanol–water partition coefficient (Wildman–Crippen LogP) is 3.40. The first-order valence-electron chi connectivity index (χ1n) is 5.72. The Morgan fingerprint density at radius 1 is 1.31 bits per heavy atom. The fourth-order valence-corrected chi connectivity index (χ4v) is 1.41. The molecule has 1 aromatic rings. The van der Waals surface area contributed by atoms with Crippen molar-refractivity contribution in [3.8, 4) is 0 Å². The van der Waals surface area contributed by atoms with Crippen LogP contribution in [-0.2, 0) is 12.0 Å². The lowest BCUT2D eigenvalue weighted by Crippen LogP contribution is -2.32. The number of pyridine rings is 1.